The second-order valence-corrected chi connectivity index (χ2v) is 10.4. The van der Waals surface area contributed by atoms with Crippen molar-refractivity contribution in [2.75, 3.05) is 6.54 Å². The maximum atomic E-state index is 13.7. The molecule has 0 aliphatic heterocycles. The van der Waals surface area contributed by atoms with E-state index in [1.165, 1.54) is 19.1 Å². The number of benzene rings is 2. The highest BCUT2D eigenvalue weighted by Crippen LogP contribution is 2.43. The maximum absolute atomic E-state index is 13.7. The van der Waals surface area contributed by atoms with E-state index in [4.69, 9.17) is 4.74 Å². The van der Waals surface area contributed by atoms with Gasteiger partial charge >= 0.3 is 12.4 Å². The van der Waals surface area contributed by atoms with E-state index in [1.807, 2.05) is 4.90 Å². The van der Waals surface area contributed by atoms with Gasteiger partial charge in [-0.3, -0.25) is 4.79 Å². The number of nitrogens with zero attached hydrogens (tertiary/aromatic N) is 1. The second-order valence-electron chi connectivity index (χ2n) is 10.4. The van der Waals surface area contributed by atoms with Gasteiger partial charge in [0.05, 0.1) is 23.3 Å². The molecule has 216 valence electrons. The van der Waals surface area contributed by atoms with Crippen molar-refractivity contribution in [1.29, 1.82) is 0 Å². The minimum atomic E-state index is -4.96. The first kappa shape index (κ1) is 29.8. The fourth-order valence-electron chi connectivity index (χ4n) is 5.57. The first-order valence-corrected chi connectivity index (χ1v) is 13.1. The zero-order valence-corrected chi connectivity index (χ0v) is 21.9. The SMILES string of the molecule is C=CN(C[C@H]1CC[C@H](O[C@H](C)c2cc(C(F)(F)F)cc(C(F)(F)F)c2)[C@@H](c2ccc(F)cc2)C1)C1=CC(=O)CC1. The predicted molar refractivity (Wildman–Crippen MR) is 135 cm³/mol. The number of hydrogen-bond donors (Lipinski definition) is 0. The number of halogens is 7. The van der Waals surface area contributed by atoms with E-state index in [0.29, 0.717) is 50.8 Å². The summed E-state index contributed by atoms with van der Waals surface area (Å²) in [6.07, 6.45) is -5.39. The molecule has 2 aliphatic rings. The highest BCUT2D eigenvalue weighted by atomic mass is 19.4. The van der Waals surface area contributed by atoms with Crippen molar-refractivity contribution in [3.05, 3.63) is 95.1 Å². The van der Waals surface area contributed by atoms with Gasteiger partial charge in [-0.25, -0.2) is 4.39 Å². The van der Waals surface area contributed by atoms with Gasteiger partial charge < -0.3 is 9.64 Å². The van der Waals surface area contributed by atoms with Gasteiger partial charge in [-0.05, 0) is 86.2 Å². The third-order valence-corrected chi connectivity index (χ3v) is 7.65. The van der Waals surface area contributed by atoms with Gasteiger partial charge in [0.25, 0.3) is 0 Å². The van der Waals surface area contributed by atoms with Gasteiger partial charge in [0.15, 0.2) is 5.78 Å². The molecule has 0 unspecified atom stereocenters. The second kappa shape index (κ2) is 11.8. The fraction of sp³-hybridized carbons (Fsp3) is 0.433. The molecule has 2 aromatic carbocycles. The monoisotopic (exact) mass is 569 g/mol. The summed E-state index contributed by atoms with van der Waals surface area (Å²) in [5.41, 5.74) is -1.36. The quantitative estimate of drug-likeness (QED) is 0.298. The molecule has 0 spiro atoms. The lowest BCUT2D eigenvalue weighted by Crippen LogP contribution is -2.35. The number of carbonyl (C=O) groups excluding carboxylic acids is 1. The predicted octanol–water partition coefficient (Wildman–Crippen LogP) is 8.59. The molecule has 0 radical (unpaired) electrons. The molecule has 10 heteroatoms. The Labute approximate surface area is 228 Å². The summed E-state index contributed by atoms with van der Waals surface area (Å²) in [5, 5.41) is 0. The first-order chi connectivity index (χ1) is 18.7. The Bertz CT molecular complexity index is 1220. The Morgan fingerprint density at radius 3 is 2.15 bits per heavy atom. The Hall–Kier alpha value is -3.14. The van der Waals surface area contributed by atoms with Crippen LogP contribution < -0.4 is 0 Å². The van der Waals surface area contributed by atoms with Crippen molar-refractivity contribution in [1.82, 2.24) is 4.90 Å². The number of carbonyl (C=O) groups is 1. The highest BCUT2D eigenvalue weighted by molar-refractivity contribution is 5.92. The van der Waals surface area contributed by atoms with E-state index in [2.05, 4.69) is 6.58 Å². The molecule has 0 aromatic heterocycles. The standard InChI is InChI=1S/C30H30F7NO2/c1-3-38(25-9-10-26(39)16-25)17-19-4-11-28(27(12-19)20-5-7-24(31)8-6-20)40-18(2)21-13-22(29(32,33)34)15-23(14-21)30(35,36)37/h3,5-8,13-16,18-19,27-28H,1,4,9-12,17H2,2H3/t18-,19+,27-,28+/m1/s1. The largest absolute Gasteiger partial charge is 0.416 e. The van der Waals surface area contributed by atoms with Crippen LogP contribution in [0.1, 0.15) is 73.3 Å². The molecular weight excluding hydrogens is 539 g/mol. The third-order valence-electron chi connectivity index (χ3n) is 7.65. The number of alkyl halides is 6. The van der Waals surface area contributed by atoms with E-state index in [-0.39, 0.29) is 29.2 Å². The van der Waals surface area contributed by atoms with Crippen molar-refractivity contribution in [3.63, 3.8) is 0 Å². The van der Waals surface area contributed by atoms with Gasteiger partial charge in [0.2, 0.25) is 0 Å². The van der Waals surface area contributed by atoms with Crippen molar-refractivity contribution in [3.8, 4) is 0 Å². The Morgan fingerprint density at radius 1 is 1.00 bits per heavy atom. The van der Waals surface area contributed by atoms with E-state index in [9.17, 15) is 35.5 Å². The van der Waals surface area contributed by atoms with Crippen molar-refractivity contribution in [2.24, 2.45) is 5.92 Å². The molecule has 2 aromatic rings. The van der Waals surface area contributed by atoms with Crippen LogP contribution in [0.3, 0.4) is 0 Å². The van der Waals surface area contributed by atoms with E-state index in [0.717, 1.165) is 11.3 Å². The summed E-state index contributed by atoms with van der Waals surface area (Å²) in [6, 6.07) is 7.35. The van der Waals surface area contributed by atoms with Crippen molar-refractivity contribution in [2.45, 2.75) is 69.5 Å². The van der Waals surface area contributed by atoms with Crippen LogP contribution >= 0.6 is 0 Å². The zero-order chi connectivity index (χ0) is 29.2. The Kier molecular flexibility index (Phi) is 8.77. The molecule has 0 amide bonds. The third kappa shape index (κ3) is 7.13. The molecule has 4 atom stereocenters. The number of ketones is 1. The summed E-state index contributed by atoms with van der Waals surface area (Å²) in [5.74, 6) is -0.521. The topological polar surface area (TPSA) is 29.5 Å². The zero-order valence-electron chi connectivity index (χ0n) is 21.9. The summed E-state index contributed by atoms with van der Waals surface area (Å²) >= 11 is 0. The summed E-state index contributed by atoms with van der Waals surface area (Å²) < 4.78 is 100. The van der Waals surface area contributed by atoms with Crippen LogP contribution in [0.25, 0.3) is 0 Å². The molecule has 1 fully saturated rings. The minimum Gasteiger partial charge on any atom is -0.370 e. The van der Waals surface area contributed by atoms with Gasteiger partial charge in [0.1, 0.15) is 5.82 Å². The lowest BCUT2D eigenvalue weighted by molar-refractivity contribution is -0.143. The van der Waals surface area contributed by atoms with Crippen LogP contribution in [0.4, 0.5) is 30.7 Å². The molecule has 4 rings (SSSR count). The van der Waals surface area contributed by atoms with Crippen LogP contribution in [-0.2, 0) is 21.9 Å². The summed E-state index contributed by atoms with van der Waals surface area (Å²) in [6.45, 7) is 5.89. The maximum Gasteiger partial charge on any atom is 0.416 e. The molecular formula is C30H30F7NO2. The number of rotatable bonds is 8. The average Bonchev–Trinajstić information content (AvgIpc) is 3.33. The number of ether oxygens (including phenoxy) is 1. The molecule has 0 N–H and O–H groups in total. The van der Waals surface area contributed by atoms with E-state index >= 15 is 0 Å². The van der Waals surface area contributed by atoms with E-state index in [1.54, 1.807) is 24.4 Å². The Morgan fingerprint density at radius 2 is 1.62 bits per heavy atom. The molecule has 40 heavy (non-hydrogen) atoms. The van der Waals surface area contributed by atoms with Crippen LogP contribution in [-0.4, -0.2) is 23.3 Å². The number of allylic oxidation sites excluding steroid dienone is 2. The van der Waals surface area contributed by atoms with Gasteiger partial charge in [-0.15, -0.1) is 0 Å². The Balaban J connectivity index is 1.58. The van der Waals surface area contributed by atoms with Gasteiger partial charge in [-0.2, -0.15) is 26.3 Å². The van der Waals surface area contributed by atoms with Gasteiger partial charge in [-0.1, -0.05) is 18.7 Å². The minimum absolute atomic E-state index is 0.0559. The summed E-state index contributed by atoms with van der Waals surface area (Å²) in [4.78, 5) is 13.7. The van der Waals surface area contributed by atoms with Crippen LogP contribution in [0.5, 0.6) is 0 Å². The van der Waals surface area contributed by atoms with Crippen LogP contribution in [0.2, 0.25) is 0 Å². The molecule has 0 saturated heterocycles. The molecule has 0 bridgehead atoms. The fourth-order valence-corrected chi connectivity index (χ4v) is 5.57. The lowest BCUT2D eigenvalue weighted by Gasteiger charge is -2.39. The number of hydrogen-bond acceptors (Lipinski definition) is 3. The van der Waals surface area contributed by atoms with E-state index < -0.39 is 41.5 Å². The van der Waals surface area contributed by atoms with Crippen LogP contribution in [0, 0.1) is 11.7 Å². The normalized spacial score (nSPS) is 22.6. The summed E-state index contributed by atoms with van der Waals surface area (Å²) in [7, 11) is 0. The first-order valence-electron chi connectivity index (χ1n) is 13.1. The smallest absolute Gasteiger partial charge is 0.370 e. The van der Waals surface area contributed by atoms with Crippen molar-refractivity contribution >= 4 is 5.78 Å². The average molecular weight is 570 g/mol. The van der Waals surface area contributed by atoms with Gasteiger partial charge in [0, 0.05) is 30.7 Å². The molecule has 0 heterocycles. The molecule has 2 aliphatic carbocycles. The lowest BCUT2D eigenvalue weighted by atomic mass is 9.75. The molecule has 3 nitrogen and oxygen atoms in total. The highest BCUT2D eigenvalue weighted by Gasteiger charge is 2.39. The van der Waals surface area contributed by atoms with Crippen LogP contribution in [0.15, 0.2) is 67.0 Å². The van der Waals surface area contributed by atoms with Crippen molar-refractivity contribution < 1.29 is 40.3 Å². The molecule has 1 saturated carbocycles.